The molecule has 3 rings (SSSR count). The second-order valence-corrected chi connectivity index (χ2v) is 7.37. The fourth-order valence-electron chi connectivity index (χ4n) is 3.59. The van der Waals surface area contributed by atoms with Gasteiger partial charge in [-0.15, -0.1) is 0 Å². The van der Waals surface area contributed by atoms with E-state index in [9.17, 15) is 9.59 Å². The SMILES string of the molecule is COc1cc(OC)cc(C(=O)OC2CCCCC2OC(=O)c2cc(OC)cc(OC)c2)c1. The number of ether oxygens (including phenoxy) is 6. The smallest absolute Gasteiger partial charge is 0.338 e. The van der Waals surface area contributed by atoms with Crippen LogP contribution in [-0.4, -0.2) is 52.6 Å². The van der Waals surface area contributed by atoms with Crippen molar-refractivity contribution in [2.24, 2.45) is 0 Å². The van der Waals surface area contributed by atoms with E-state index in [1.54, 1.807) is 36.4 Å². The monoisotopic (exact) mass is 444 g/mol. The Balaban J connectivity index is 1.74. The van der Waals surface area contributed by atoms with E-state index in [-0.39, 0.29) is 0 Å². The minimum atomic E-state index is -0.551. The first-order chi connectivity index (χ1) is 15.5. The zero-order chi connectivity index (χ0) is 23.1. The van der Waals surface area contributed by atoms with Gasteiger partial charge in [-0.05, 0) is 49.9 Å². The highest BCUT2D eigenvalue weighted by atomic mass is 16.6. The van der Waals surface area contributed by atoms with E-state index in [4.69, 9.17) is 28.4 Å². The minimum Gasteiger partial charge on any atom is -0.497 e. The van der Waals surface area contributed by atoms with Crippen LogP contribution in [0, 0.1) is 0 Å². The maximum absolute atomic E-state index is 12.8. The first kappa shape index (κ1) is 23.2. The molecule has 0 amide bonds. The fourth-order valence-corrected chi connectivity index (χ4v) is 3.59. The molecule has 0 aromatic heterocycles. The molecule has 1 aliphatic rings. The minimum absolute atomic E-state index is 0.300. The van der Waals surface area contributed by atoms with Crippen LogP contribution in [0.1, 0.15) is 46.4 Å². The van der Waals surface area contributed by atoms with Crippen LogP contribution in [0.5, 0.6) is 23.0 Å². The second kappa shape index (κ2) is 10.7. The summed E-state index contributed by atoms with van der Waals surface area (Å²) < 4.78 is 32.4. The Bertz CT molecular complexity index is 833. The molecule has 2 aromatic carbocycles. The van der Waals surface area contributed by atoms with E-state index in [2.05, 4.69) is 0 Å². The topological polar surface area (TPSA) is 89.5 Å². The second-order valence-electron chi connectivity index (χ2n) is 7.37. The molecule has 0 aliphatic heterocycles. The summed E-state index contributed by atoms with van der Waals surface area (Å²) in [7, 11) is 6.03. The van der Waals surface area contributed by atoms with Crippen LogP contribution in [0.3, 0.4) is 0 Å². The van der Waals surface area contributed by atoms with Crippen molar-refractivity contribution >= 4 is 11.9 Å². The molecule has 0 heterocycles. The number of carbonyl (C=O) groups excluding carboxylic acids is 2. The first-order valence-electron chi connectivity index (χ1n) is 10.4. The lowest BCUT2D eigenvalue weighted by Crippen LogP contribution is -2.37. The van der Waals surface area contributed by atoms with Crippen molar-refractivity contribution in [3.8, 4) is 23.0 Å². The van der Waals surface area contributed by atoms with E-state index < -0.39 is 24.1 Å². The number of hydrogen-bond acceptors (Lipinski definition) is 8. The van der Waals surface area contributed by atoms with E-state index in [1.165, 1.54) is 28.4 Å². The summed E-state index contributed by atoms with van der Waals surface area (Å²) in [4.78, 5) is 25.6. The third kappa shape index (κ3) is 5.63. The van der Waals surface area contributed by atoms with Crippen molar-refractivity contribution in [1.82, 2.24) is 0 Å². The van der Waals surface area contributed by atoms with Crippen LogP contribution in [0.15, 0.2) is 36.4 Å². The Morgan fingerprint density at radius 3 is 1.19 bits per heavy atom. The van der Waals surface area contributed by atoms with E-state index in [0.29, 0.717) is 47.0 Å². The van der Waals surface area contributed by atoms with Crippen molar-refractivity contribution < 1.29 is 38.0 Å². The summed E-state index contributed by atoms with van der Waals surface area (Å²) in [5.74, 6) is 0.867. The van der Waals surface area contributed by atoms with Crippen LogP contribution in [-0.2, 0) is 9.47 Å². The molecule has 1 fully saturated rings. The highest BCUT2D eigenvalue weighted by Gasteiger charge is 2.32. The third-order valence-electron chi connectivity index (χ3n) is 5.33. The lowest BCUT2D eigenvalue weighted by molar-refractivity contribution is -0.0514. The van der Waals surface area contributed by atoms with Crippen molar-refractivity contribution in [1.29, 1.82) is 0 Å². The Hall–Kier alpha value is -3.42. The zero-order valence-electron chi connectivity index (χ0n) is 18.7. The van der Waals surface area contributed by atoms with E-state index in [1.807, 2.05) is 0 Å². The average Bonchev–Trinajstić information content (AvgIpc) is 2.84. The van der Waals surface area contributed by atoms with E-state index in [0.717, 1.165) is 12.8 Å². The summed E-state index contributed by atoms with van der Waals surface area (Å²) in [5.41, 5.74) is 0.601. The highest BCUT2D eigenvalue weighted by Crippen LogP contribution is 2.29. The van der Waals surface area contributed by atoms with Crippen molar-refractivity contribution in [3.05, 3.63) is 47.5 Å². The zero-order valence-corrected chi connectivity index (χ0v) is 18.7. The molecule has 2 unspecified atom stereocenters. The van der Waals surface area contributed by atoms with Crippen LogP contribution >= 0.6 is 0 Å². The summed E-state index contributed by atoms with van der Waals surface area (Å²) in [6.45, 7) is 0. The quantitative estimate of drug-likeness (QED) is 0.564. The molecule has 0 saturated heterocycles. The van der Waals surface area contributed by atoms with Gasteiger partial charge in [0.25, 0.3) is 0 Å². The van der Waals surface area contributed by atoms with Gasteiger partial charge in [-0.3, -0.25) is 0 Å². The molecule has 172 valence electrons. The summed E-state index contributed by atoms with van der Waals surface area (Å²) >= 11 is 0. The van der Waals surface area contributed by atoms with Gasteiger partial charge in [0.05, 0.1) is 39.6 Å². The van der Waals surface area contributed by atoms with Gasteiger partial charge >= 0.3 is 11.9 Å². The van der Waals surface area contributed by atoms with Gasteiger partial charge < -0.3 is 28.4 Å². The molecule has 2 atom stereocenters. The number of hydrogen-bond donors (Lipinski definition) is 0. The van der Waals surface area contributed by atoms with Gasteiger partial charge in [0.15, 0.2) is 0 Å². The third-order valence-corrected chi connectivity index (χ3v) is 5.33. The fraction of sp³-hybridized carbons (Fsp3) is 0.417. The van der Waals surface area contributed by atoms with Gasteiger partial charge in [0, 0.05) is 12.1 Å². The molecular weight excluding hydrogens is 416 g/mol. The van der Waals surface area contributed by atoms with Crippen molar-refractivity contribution in [2.45, 2.75) is 37.9 Å². The Morgan fingerprint density at radius 1 is 0.594 bits per heavy atom. The van der Waals surface area contributed by atoms with E-state index >= 15 is 0 Å². The molecule has 1 aliphatic carbocycles. The predicted octanol–water partition coefficient (Wildman–Crippen LogP) is 4.05. The Kier molecular flexibility index (Phi) is 7.81. The predicted molar refractivity (Wildman–Crippen MR) is 116 cm³/mol. The van der Waals surface area contributed by atoms with Crippen LogP contribution in [0.25, 0.3) is 0 Å². The Labute approximate surface area is 187 Å². The Morgan fingerprint density at radius 2 is 0.906 bits per heavy atom. The molecule has 0 radical (unpaired) electrons. The molecule has 8 heteroatoms. The maximum atomic E-state index is 12.8. The first-order valence-corrected chi connectivity index (χ1v) is 10.4. The average molecular weight is 444 g/mol. The van der Waals surface area contributed by atoms with Gasteiger partial charge in [0.1, 0.15) is 35.2 Å². The largest absolute Gasteiger partial charge is 0.497 e. The lowest BCUT2D eigenvalue weighted by atomic mass is 9.94. The van der Waals surface area contributed by atoms with Gasteiger partial charge in [-0.2, -0.15) is 0 Å². The number of benzene rings is 2. The number of methoxy groups -OCH3 is 4. The van der Waals surface area contributed by atoms with Crippen molar-refractivity contribution in [2.75, 3.05) is 28.4 Å². The molecule has 2 aromatic rings. The van der Waals surface area contributed by atoms with Gasteiger partial charge in [-0.25, -0.2) is 9.59 Å². The number of esters is 2. The molecule has 8 nitrogen and oxygen atoms in total. The summed E-state index contributed by atoms with van der Waals surface area (Å²) in [6.07, 6.45) is 1.86. The maximum Gasteiger partial charge on any atom is 0.338 e. The normalized spacial score (nSPS) is 17.8. The molecular formula is C24H28O8. The van der Waals surface area contributed by atoms with Crippen LogP contribution in [0.4, 0.5) is 0 Å². The molecule has 0 bridgehead atoms. The molecule has 1 saturated carbocycles. The lowest BCUT2D eigenvalue weighted by Gasteiger charge is -2.30. The van der Waals surface area contributed by atoms with Crippen LogP contribution < -0.4 is 18.9 Å². The number of rotatable bonds is 8. The summed E-state index contributed by atoms with van der Waals surface area (Å²) in [5, 5.41) is 0. The molecule has 0 N–H and O–H groups in total. The molecule has 32 heavy (non-hydrogen) atoms. The highest BCUT2D eigenvalue weighted by molar-refractivity contribution is 5.91. The van der Waals surface area contributed by atoms with Crippen molar-refractivity contribution in [3.63, 3.8) is 0 Å². The number of carbonyl (C=O) groups is 2. The standard InChI is InChI=1S/C24H28O8/c1-27-17-9-15(10-18(13-17)28-2)23(25)31-21-7-5-6-8-22(21)32-24(26)16-11-19(29-3)14-20(12-16)30-4/h9-14,21-22H,5-8H2,1-4H3. The van der Waals surface area contributed by atoms with Gasteiger partial charge in [-0.1, -0.05) is 0 Å². The van der Waals surface area contributed by atoms with Gasteiger partial charge in [0.2, 0.25) is 0 Å². The molecule has 0 spiro atoms. The van der Waals surface area contributed by atoms with Crippen LogP contribution in [0.2, 0.25) is 0 Å². The summed E-state index contributed by atoms with van der Waals surface area (Å²) in [6, 6.07) is 9.66.